The van der Waals surface area contributed by atoms with Gasteiger partial charge in [0.05, 0.1) is 24.9 Å². The number of nitrogens with zero attached hydrogens (tertiary/aromatic N) is 3. The predicted molar refractivity (Wildman–Crippen MR) is 90.2 cm³/mol. The molecule has 0 N–H and O–H groups in total. The maximum absolute atomic E-state index is 6.17. The molecule has 5 nitrogen and oxygen atoms in total. The van der Waals surface area contributed by atoms with Crippen LogP contribution in [0, 0.1) is 0 Å². The molecule has 4 rings (SSSR count). The maximum Gasteiger partial charge on any atom is 0.0847 e. The Morgan fingerprint density at radius 2 is 1.96 bits per heavy atom. The Bertz CT molecular complexity index is 652. The zero-order valence-corrected chi connectivity index (χ0v) is 13.8. The van der Waals surface area contributed by atoms with Gasteiger partial charge >= 0.3 is 0 Å². The van der Waals surface area contributed by atoms with E-state index in [0.29, 0.717) is 13.2 Å². The van der Waals surface area contributed by atoms with Crippen molar-refractivity contribution in [1.29, 1.82) is 0 Å². The summed E-state index contributed by atoms with van der Waals surface area (Å²) < 4.78 is 12.2. The van der Waals surface area contributed by atoms with Gasteiger partial charge in [-0.15, -0.1) is 0 Å². The third kappa shape index (κ3) is 3.64. The van der Waals surface area contributed by atoms with Crippen LogP contribution in [0.3, 0.4) is 0 Å². The first kappa shape index (κ1) is 15.7. The molecule has 2 aliphatic heterocycles. The van der Waals surface area contributed by atoms with Crippen molar-refractivity contribution in [3.8, 4) is 0 Å². The van der Waals surface area contributed by atoms with E-state index in [9.17, 15) is 0 Å². The minimum absolute atomic E-state index is 0.0260. The topological polar surface area (TPSA) is 47.5 Å². The normalized spacial score (nSPS) is 27.1. The number of hydrogen-bond acceptors (Lipinski definition) is 5. The monoisotopic (exact) mass is 325 g/mol. The highest BCUT2D eigenvalue weighted by Gasteiger charge is 2.45. The average Bonchev–Trinajstić information content (AvgIpc) is 3.21. The number of likely N-dealkylation sites (tertiary alicyclic amines) is 1. The maximum atomic E-state index is 6.17. The molecule has 0 unspecified atom stereocenters. The summed E-state index contributed by atoms with van der Waals surface area (Å²) in [4.78, 5) is 10.8. The van der Waals surface area contributed by atoms with E-state index < -0.39 is 0 Å². The third-order valence-electron chi connectivity index (χ3n) is 4.91. The first-order valence-corrected chi connectivity index (χ1v) is 8.57. The lowest BCUT2D eigenvalue weighted by atomic mass is 9.98. The van der Waals surface area contributed by atoms with Crippen LogP contribution < -0.4 is 0 Å². The molecular formula is C19H23N3O2. The molecule has 126 valence electrons. The highest BCUT2D eigenvalue weighted by atomic mass is 16.6. The highest BCUT2D eigenvalue weighted by Crippen LogP contribution is 2.36. The molecule has 1 spiro atoms. The Balaban J connectivity index is 1.28. The lowest BCUT2D eigenvalue weighted by Crippen LogP contribution is -2.33. The lowest BCUT2D eigenvalue weighted by molar-refractivity contribution is -0.000455. The Labute approximate surface area is 142 Å². The molecule has 2 aromatic heterocycles. The predicted octanol–water partition coefficient (Wildman–Crippen LogP) is 2.43. The van der Waals surface area contributed by atoms with Gasteiger partial charge in [-0.2, -0.15) is 0 Å². The molecule has 24 heavy (non-hydrogen) atoms. The molecule has 2 aromatic rings. The second-order valence-electron chi connectivity index (χ2n) is 6.81. The first-order valence-electron chi connectivity index (χ1n) is 8.57. The number of ether oxygens (including phenoxy) is 2. The van der Waals surface area contributed by atoms with E-state index in [4.69, 9.17) is 9.47 Å². The van der Waals surface area contributed by atoms with Gasteiger partial charge in [0.1, 0.15) is 0 Å². The van der Waals surface area contributed by atoms with E-state index in [2.05, 4.69) is 20.9 Å². The van der Waals surface area contributed by atoms with Crippen LogP contribution in [-0.4, -0.2) is 46.3 Å². The molecule has 0 saturated carbocycles. The van der Waals surface area contributed by atoms with Gasteiger partial charge in [0.15, 0.2) is 0 Å². The average molecular weight is 325 g/mol. The van der Waals surface area contributed by atoms with Crippen LogP contribution in [0.5, 0.6) is 0 Å². The van der Waals surface area contributed by atoms with Crippen molar-refractivity contribution < 1.29 is 9.47 Å². The fourth-order valence-corrected chi connectivity index (χ4v) is 3.70. The molecule has 0 radical (unpaired) electrons. The first-order chi connectivity index (χ1) is 11.8. The van der Waals surface area contributed by atoms with Gasteiger partial charge in [0, 0.05) is 50.8 Å². The number of hydrogen-bond donors (Lipinski definition) is 0. The van der Waals surface area contributed by atoms with Crippen molar-refractivity contribution in [2.24, 2.45) is 0 Å². The van der Waals surface area contributed by atoms with E-state index in [1.54, 1.807) is 6.20 Å². The summed E-state index contributed by atoms with van der Waals surface area (Å²) >= 11 is 0. The van der Waals surface area contributed by atoms with E-state index in [-0.39, 0.29) is 11.7 Å². The van der Waals surface area contributed by atoms with Crippen molar-refractivity contribution in [1.82, 2.24) is 14.9 Å². The second-order valence-corrected chi connectivity index (χ2v) is 6.81. The van der Waals surface area contributed by atoms with Crippen molar-refractivity contribution in [3.05, 3.63) is 60.2 Å². The van der Waals surface area contributed by atoms with Crippen molar-refractivity contribution in [2.75, 3.05) is 19.7 Å². The highest BCUT2D eigenvalue weighted by molar-refractivity contribution is 5.10. The van der Waals surface area contributed by atoms with Gasteiger partial charge in [0.25, 0.3) is 0 Å². The van der Waals surface area contributed by atoms with Gasteiger partial charge in [0.2, 0.25) is 0 Å². The summed E-state index contributed by atoms with van der Waals surface area (Å²) in [6.45, 7) is 4.30. The van der Waals surface area contributed by atoms with Gasteiger partial charge in [-0.1, -0.05) is 12.1 Å². The largest absolute Gasteiger partial charge is 0.371 e. The van der Waals surface area contributed by atoms with Crippen LogP contribution in [-0.2, 0) is 22.6 Å². The van der Waals surface area contributed by atoms with Crippen molar-refractivity contribution in [2.45, 2.75) is 37.7 Å². The van der Waals surface area contributed by atoms with Gasteiger partial charge in [-0.25, -0.2) is 0 Å². The fourth-order valence-electron chi connectivity index (χ4n) is 3.70. The molecule has 4 heterocycles. The molecular weight excluding hydrogens is 302 g/mol. The Hall–Kier alpha value is -1.82. The molecule has 2 fully saturated rings. The molecule has 2 saturated heterocycles. The lowest BCUT2D eigenvalue weighted by Gasteiger charge is -2.23. The molecule has 0 bridgehead atoms. The zero-order valence-electron chi connectivity index (χ0n) is 13.8. The summed E-state index contributed by atoms with van der Waals surface area (Å²) in [7, 11) is 0. The standard InChI is InChI=1S/C19H23N3O2/c1-3-16(10-20-6-1)12-22-8-5-19(15-22)9-18(14-24-19)23-13-17-4-2-7-21-11-17/h1-4,6-7,10-11,18H,5,8-9,12-15H2/t18-,19-/m0/s1. The van der Waals surface area contributed by atoms with Crippen LogP contribution in [0.1, 0.15) is 24.0 Å². The SMILES string of the molecule is c1cncc(CO[C@@H]2CO[C@@]3(CCN(Cc4cccnc4)C3)C2)c1. The second kappa shape index (κ2) is 6.97. The molecule has 0 aliphatic carbocycles. The fraction of sp³-hybridized carbons (Fsp3) is 0.474. The minimum Gasteiger partial charge on any atom is -0.371 e. The molecule has 0 amide bonds. The number of aromatic nitrogens is 2. The van der Waals surface area contributed by atoms with Crippen molar-refractivity contribution >= 4 is 0 Å². The molecule has 2 aliphatic rings. The van der Waals surface area contributed by atoms with Crippen LogP contribution in [0.25, 0.3) is 0 Å². The summed E-state index contributed by atoms with van der Waals surface area (Å²) in [5.41, 5.74) is 2.35. The van der Waals surface area contributed by atoms with Gasteiger partial charge in [-0.3, -0.25) is 14.9 Å². The minimum atomic E-state index is -0.0260. The van der Waals surface area contributed by atoms with Crippen molar-refractivity contribution in [3.63, 3.8) is 0 Å². The Morgan fingerprint density at radius 1 is 1.17 bits per heavy atom. The van der Waals surface area contributed by atoms with Crippen LogP contribution in [0.15, 0.2) is 49.1 Å². The number of pyridine rings is 2. The third-order valence-corrected chi connectivity index (χ3v) is 4.91. The number of rotatable bonds is 5. The van der Waals surface area contributed by atoms with E-state index in [1.807, 2.05) is 36.8 Å². The molecule has 5 heteroatoms. The van der Waals surface area contributed by atoms with Gasteiger partial charge < -0.3 is 9.47 Å². The summed E-state index contributed by atoms with van der Waals surface area (Å²) in [5.74, 6) is 0. The summed E-state index contributed by atoms with van der Waals surface area (Å²) in [6.07, 6.45) is 9.66. The Morgan fingerprint density at radius 3 is 2.71 bits per heavy atom. The zero-order chi connectivity index (χ0) is 16.2. The summed E-state index contributed by atoms with van der Waals surface area (Å²) in [5, 5.41) is 0. The molecule has 2 atom stereocenters. The van der Waals surface area contributed by atoms with E-state index in [1.165, 1.54) is 5.56 Å². The smallest absolute Gasteiger partial charge is 0.0847 e. The van der Waals surface area contributed by atoms with E-state index in [0.717, 1.165) is 38.0 Å². The van der Waals surface area contributed by atoms with Crippen LogP contribution in [0.2, 0.25) is 0 Å². The summed E-state index contributed by atoms with van der Waals surface area (Å²) in [6, 6.07) is 8.12. The quantitative estimate of drug-likeness (QED) is 0.845. The van der Waals surface area contributed by atoms with Crippen LogP contribution in [0.4, 0.5) is 0 Å². The molecule has 0 aromatic carbocycles. The Kier molecular flexibility index (Phi) is 4.56. The van der Waals surface area contributed by atoms with Crippen LogP contribution >= 0.6 is 0 Å². The van der Waals surface area contributed by atoms with E-state index >= 15 is 0 Å². The van der Waals surface area contributed by atoms with Gasteiger partial charge in [-0.05, 0) is 29.7 Å².